The maximum Gasteiger partial charge on any atom is 0.322 e. The molecule has 4 nitrogen and oxygen atoms in total. The highest BCUT2D eigenvalue weighted by Gasteiger charge is 2.51. The molecule has 1 saturated heterocycles. The molecule has 1 heterocycles. The van der Waals surface area contributed by atoms with E-state index >= 15 is 0 Å². The molecule has 1 aliphatic heterocycles. The Labute approximate surface area is 176 Å². The Hall–Kier alpha value is -1.81. The zero-order chi connectivity index (χ0) is 20.4. The molecule has 0 aromatic heterocycles. The molecule has 0 unspecified atom stereocenters. The predicted molar refractivity (Wildman–Crippen MR) is 120 cm³/mol. The van der Waals surface area contributed by atoms with Crippen LogP contribution in [0.3, 0.4) is 0 Å². The number of benzene rings is 1. The average Bonchev–Trinajstić information content (AvgIpc) is 2.73. The molecule has 0 spiro atoms. The first-order valence-electron chi connectivity index (χ1n) is 11.5. The van der Waals surface area contributed by atoms with Crippen molar-refractivity contribution < 1.29 is 4.79 Å². The summed E-state index contributed by atoms with van der Waals surface area (Å²) in [5.74, 6) is 1.48. The molecular weight excluding hydrogens is 358 g/mol. The number of urea groups is 1. The fourth-order valence-corrected chi connectivity index (χ4v) is 5.48. The first kappa shape index (κ1) is 20.5. The lowest BCUT2D eigenvalue weighted by Gasteiger charge is -2.57. The van der Waals surface area contributed by atoms with Crippen molar-refractivity contribution in [1.29, 1.82) is 0 Å². The number of amides is 2. The highest BCUT2D eigenvalue weighted by molar-refractivity contribution is 5.90. The summed E-state index contributed by atoms with van der Waals surface area (Å²) in [7, 11) is 0. The number of likely N-dealkylation sites (tertiary alicyclic amines) is 1. The van der Waals surface area contributed by atoms with Gasteiger partial charge in [0.2, 0.25) is 0 Å². The van der Waals surface area contributed by atoms with Crippen molar-refractivity contribution in [2.24, 2.45) is 17.3 Å². The minimum atomic E-state index is 0.0384. The number of nitrogens with one attached hydrogen (secondary N) is 1. The van der Waals surface area contributed by atoms with Crippen molar-refractivity contribution in [2.75, 3.05) is 38.0 Å². The summed E-state index contributed by atoms with van der Waals surface area (Å²) in [5.41, 5.74) is 3.91. The molecule has 1 saturated carbocycles. The minimum absolute atomic E-state index is 0.0384. The standard InChI is InChI=1S/C25H37N3O/c1-19-9-5-6-10-23(19)26-24(29)28(16-15-27-13-7-4-8-14-27)18-20-11-12-21-17-22(20)25(21,2)3/h5-6,9-11,21-22H,4,7-8,12-18H2,1-3H3,(H,26,29)/t21-,22+/m1/s1. The molecule has 4 aliphatic rings. The van der Waals surface area contributed by atoms with Gasteiger partial charge < -0.3 is 15.1 Å². The Morgan fingerprint density at radius 1 is 1.21 bits per heavy atom. The lowest BCUT2D eigenvalue weighted by molar-refractivity contribution is -0.00966. The van der Waals surface area contributed by atoms with Crippen LogP contribution < -0.4 is 5.32 Å². The predicted octanol–water partition coefficient (Wildman–Crippen LogP) is 5.31. The van der Waals surface area contributed by atoms with Crippen LogP contribution in [-0.2, 0) is 0 Å². The van der Waals surface area contributed by atoms with Crippen LogP contribution in [0.1, 0.15) is 51.5 Å². The summed E-state index contributed by atoms with van der Waals surface area (Å²) < 4.78 is 0. The summed E-state index contributed by atoms with van der Waals surface area (Å²) in [4.78, 5) is 17.8. The topological polar surface area (TPSA) is 35.6 Å². The van der Waals surface area contributed by atoms with Gasteiger partial charge in [-0.2, -0.15) is 0 Å². The molecular formula is C25H37N3O. The lowest BCUT2D eigenvalue weighted by atomic mass is 9.49. The van der Waals surface area contributed by atoms with E-state index in [1.807, 2.05) is 31.2 Å². The molecule has 1 aromatic carbocycles. The van der Waals surface area contributed by atoms with Crippen LogP contribution in [0, 0.1) is 24.2 Å². The number of nitrogens with zero attached hydrogens (tertiary/aromatic N) is 2. The molecule has 2 atom stereocenters. The Balaban J connectivity index is 1.45. The van der Waals surface area contributed by atoms with Crippen molar-refractivity contribution in [1.82, 2.24) is 9.80 Å². The number of hydrogen-bond acceptors (Lipinski definition) is 2. The number of piperidine rings is 1. The lowest BCUT2D eigenvalue weighted by Crippen LogP contribution is -2.51. The highest BCUT2D eigenvalue weighted by atomic mass is 16.2. The molecule has 5 rings (SSSR count). The third-order valence-corrected chi connectivity index (χ3v) is 7.76. The number of aryl methyl sites for hydroxylation is 1. The van der Waals surface area contributed by atoms with Gasteiger partial charge in [0.05, 0.1) is 0 Å². The van der Waals surface area contributed by atoms with Crippen LogP contribution in [0.15, 0.2) is 35.9 Å². The van der Waals surface area contributed by atoms with E-state index in [1.165, 1.54) is 50.8 Å². The van der Waals surface area contributed by atoms with Crippen LogP contribution in [0.4, 0.5) is 10.5 Å². The van der Waals surface area contributed by atoms with Gasteiger partial charge in [-0.05, 0) is 74.6 Å². The fraction of sp³-hybridized carbons (Fsp3) is 0.640. The van der Waals surface area contributed by atoms with Gasteiger partial charge >= 0.3 is 6.03 Å². The third-order valence-electron chi connectivity index (χ3n) is 7.76. The zero-order valence-electron chi connectivity index (χ0n) is 18.4. The second-order valence-electron chi connectivity index (χ2n) is 9.89. The maximum absolute atomic E-state index is 13.3. The molecule has 1 aromatic rings. The molecule has 2 amide bonds. The van der Waals surface area contributed by atoms with E-state index in [-0.39, 0.29) is 6.03 Å². The Bertz CT molecular complexity index is 763. The molecule has 1 N–H and O–H groups in total. The molecule has 2 bridgehead atoms. The van der Waals surface area contributed by atoms with Crippen molar-refractivity contribution in [2.45, 2.75) is 52.9 Å². The molecule has 4 heteroatoms. The third kappa shape index (κ3) is 4.37. The molecule has 158 valence electrons. The van der Waals surface area contributed by atoms with E-state index in [0.717, 1.165) is 36.8 Å². The monoisotopic (exact) mass is 395 g/mol. The normalized spacial score (nSPS) is 25.7. The summed E-state index contributed by atoms with van der Waals surface area (Å²) in [6, 6.07) is 8.09. The van der Waals surface area contributed by atoms with Crippen LogP contribution in [0.5, 0.6) is 0 Å². The number of carbonyl (C=O) groups is 1. The molecule has 29 heavy (non-hydrogen) atoms. The van der Waals surface area contributed by atoms with Crippen molar-refractivity contribution >= 4 is 11.7 Å². The van der Waals surface area contributed by atoms with Gasteiger partial charge in [0.15, 0.2) is 0 Å². The number of anilines is 1. The SMILES string of the molecule is Cc1ccccc1NC(=O)N(CCN1CCCCC1)CC1=CC[C@@H]2C[C@@H]1C2(C)C. The van der Waals surface area contributed by atoms with Gasteiger partial charge in [0.25, 0.3) is 0 Å². The van der Waals surface area contributed by atoms with Gasteiger partial charge in [-0.1, -0.05) is 50.1 Å². The first-order chi connectivity index (χ1) is 13.9. The molecule has 0 radical (unpaired) electrons. The molecule has 3 aliphatic carbocycles. The quantitative estimate of drug-likeness (QED) is 0.663. The zero-order valence-corrected chi connectivity index (χ0v) is 18.4. The summed E-state index contributed by atoms with van der Waals surface area (Å²) in [6.45, 7) is 11.8. The summed E-state index contributed by atoms with van der Waals surface area (Å²) in [6.07, 6.45) is 8.84. The number of allylic oxidation sites excluding steroid dienone is 1. The Morgan fingerprint density at radius 2 is 1.97 bits per heavy atom. The minimum Gasteiger partial charge on any atom is -0.319 e. The van der Waals surface area contributed by atoms with E-state index < -0.39 is 0 Å². The van der Waals surface area contributed by atoms with Gasteiger partial charge in [-0.15, -0.1) is 0 Å². The largest absolute Gasteiger partial charge is 0.322 e. The van der Waals surface area contributed by atoms with Crippen molar-refractivity contribution in [3.8, 4) is 0 Å². The van der Waals surface area contributed by atoms with Crippen LogP contribution in [-0.4, -0.2) is 48.6 Å². The van der Waals surface area contributed by atoms with E-state index in [9.17, 15) is 4.79 Å². The summed E-state index contributed by atoms with van der Waals surface area (Å²) >= 11 is 0. The number of fused-ring (bicyclic) bond motifs is 1. The Kier molecular flexibility index (Phi) is 6.00. The number of hydrogen-bond donors (Lipinski definition) is 1. The van der Waals surface area contributed by atoms with E-state index in [2.05, 4.69) is 35.0 Å². The first-order valence-corrected chi connectivity index (χ1v) is 11.5. The van der Waals surface area contributed by atoms with E-state index in [0.29, 0.717) is 11.3 Å². The second-order valence-corrected chi connectivity index (χ2v) is 9.89. The Morgan fingerprint density at radius 3 is 2.66 bits per heavy atom. The smallest absolute Gasteiger partial charge is 0.319 e. The van der Waals surface area contributed by atoms with Gasteiger partial charge in [0, 0.05) is 25.3 Å². The fourth-order valence-electron chi connectivity index (χ4n) is 5.48. The van der Waals surface area contributed by atoms with Crippen LogP contribution >= 0.6 is 0 Å². The van der Waals surface area contributed by atoms with E-state index in [1.54, 1.807) is 0 Å². The number of para-hydroxylation sites is 1. The average molecular weight is 396 g/mol. The summed E-state index contributed by atoms with van der Waals surface area (Å²) in [5, 5.41) is 3.18. The van der Waals surface area contributed by atoms with Crippen molar-refractivity contribution in [3.05, 3.63) is 41.5 Å². The van der Waals surface area contributed by atoms with E-state index in [4.69, 9.17) is 0 Å². The maximum atomic E-state index is 13.3. The second kappa shape index (κ2) is 8.51. The number of rotatable bonds is 6. The van der Waals surface area contributed by atoms with Gasteiger partial charge in [0.1, 0.15) is 0 Å². The van der Waals surface area contributed by atoms with Gasteiger partial charge in [-0.25, -0.2) is 4.79 Å². The number of carbonyl (C=O) groups excluding carboxylic acids is 1. The van der Waals surface area contributed by atoms with Crippen LogP contribution in [0.2, 0.25) is 0 Å². The highest BCUT2D eigenvalue weighted by Crippen LogP contribution is 2.59. The van der Waals surface area contributed by atoms with Crippen LogP contribution in [0.25, 0.3) is 0 Å². The van der Waals surface area contributed by atoms with Crippen molar-refractivity contribution in [3.63, 3.8) is 0 Å². The van der Waals surface area contributed by atoms with Gasteiger partial charge in [-0.3, -0.25) is 0 Å². The molecule has 2 fully saturated rings.